The van der Waals surface area contributed by atoms with Crippen LogP contribution in [-0.2, 0) is 5.88 Å². The molecule has 4 nitrogen and oxygen atoms in total. The molecule has 0 bridgehead atoms. The normalized spacial score (nSPS) is 17.5. The van der Waals surface area contributed by atoms with E-state index in [0.717, 1.165) is 18.7 Å². The first-order valence-electron chi connectivity index (χ1n) is 6.28. The summed E-state index contributed by atoms with van der Waals surface area (Å²) in [6.45, 7) is 1.49. The summed E-state index contributed by atoms with van der Waals surface area (Å²) in [5.74, 6) is 0.157. The topological polar surface area (TPSA) is 64.9 Å². The van der Waals surface area contributed by atoms with Crippen molar-refractivity contribution in [3.05, 3.63) is 35.4 Å². The van der Waals surface area contributed by atoms with Crippen LogP contribution in [0.1, 0.15) is 28.8 Å². The van der Waals surface area contributed by atoms with Gasteiger partial charge in [-0.2, -0.15) is 5.26 Å². The Labute approximate surface area is 117 Å². The lowest BCUT2D eigenvalue weighted by Gasteiger charge is -2.32. The average molecular weight is 278 g/mol. The molecular formula is C14H16ClN3O. The Morgan fingerprint density at radius 2 is 2.21 bits per heavy atom. The van der Waals surface area contributed by atoms with Crippen molar-refractivity contribution < 1.29 is 4.79 Å². The second-order valence-electron chi connectivity index (χ2n) is 4.73. The number of nitrogens with one attached hydrogen (secondary N) is 2. The first-order chi connectivity index (χ1) is 9.19. The maximum absolute atomic E-state index is 12.2. The Hall–Kier alpha value is -1.57. The molecule has 1 aromatic rings. The van der Waals surface area contributed by atoms with E-state index in [1.54, 1.807) is 18.2 Å². The lowest BCUT2D eigenvalue weighted by atomic mass is 9.89. The zero-order chi connectivity index (χ0) is 13.7. The second-order valence-corrected chi connectivity index (χ2v) is 5.00. The highest BCUT2D eigenvalue weighted by Crippen LogP contribution is 2.18. The fourth-order valence-corrected chi connectivity index (χ4v) is 2.37. The number of carbonyl (C=O) groups is 1. The third-order valence-electron chi connectivity index (χ3n) is 3.37. The Balaban J connectivity index is 2.13. The fraction of sp³-hybridized carbons (Fsp3) is 0.429. The number of hydrogen-bond donors (Lipinski definition) is 2. The molecule has 1 heterocycles. The molecule has 1 amide bonds. The van der Waals surface area contributed by atoms with Gasteiger partial charge in [-0.25, -0.2) is 0 Å². The van der Waals surface area contributed by atoms with E-state index in [1.165, 1.54) is 0 Å². The number of benzene rings is 1. The molecule has 100 valence electrons. The Kier molecular flexibility index (Phi) is 4.41. The van der Waals surface area contributed by atoms with Crippen LogP contribution in [0.2, 0.25) is 0 Å². The van der Waals surface area contributed by atoms with Crippen molar-refractivity contribution >= 4 is 17.5 Å². The summed E-state index contributed by atoms with van der Waals surface area (Å²) in [6.07, 6.45) is 1.26. The summed E-state index contributed by atoms with van der Waals surface area (Å²) in [6, 6.07) is 9.41. The SMILES string of the molecule is N#CC1(NC(=O)c2cccc(CCl)c2)CCNCC1. The highest BCUT2D eigenvalue weighted by molar-refractivity contribution is 6.17. The summed E-state index contributed by atoms with van der Waals surface area (Å²) in [7, 11) is 0. The van der Waals surface area contributed by atoms with Gasteiger partial charge in [0.1, 0.15) is 5.54 Å². The number of halogens is 1. The molecular weight excluding hydrogens is 262 g/mol. The first kappa shape index (κ1) is 13.9. The molecule has 1 aromatic carbocycles. The van der Waals surface area contributed by atoms with Crippen molar-refractivity contribution in [1.82, 2.24) is 10.6 Å². The maximum atomic E-state index is 12.2. The van der Waals surface area contributed by atoms with E-state index in [9.17, 15) is 10.1 Å². The van der Waals surface area contributed by atoms with Crippen LogP contribution < -0.4 is 10.6 Å². The van der Waals surface area contributed by atoms with Gasteiger partial charge in [0.05, 0.1) is 6.07 Å². The molecule has 1 aliphatic rings. The standard InChI is InChI=1S/C14H16ClN3O/c15-9-11-2-1-3-12(8-11)13(19)18-14(10-16)4-6-17-7-5-14/h1-3,8,17H,4-7,9H2,(H,18,19). The summed E-state index contributed by atoms with van der Waals surface area (Å²) in [5, 5.41) is 15.4. The van der Waals surface area contributed by atoms with Crippen LogP contribution >= 0.6 is 11.6 Å². The number of hydrogen-bond acceptors (Lipinski definition) is 3. The van der Waals surface area contributed by atoms with Gasteiger partial charge < -0.3 is 10.6 Å². The molecule has 0 saturated carbocycles. The van der Waals surface area contributed by atoms with Crippen molar-refractivity contribution in [2.75, 3.05) is 13.1 Å². The number of nitriles is 1. The van der Waals surface area contributed by atoms with Gasteiger partial charge in [-0.1, -0.05) is 12.1 Å². The van der Waals surface area contributed by atoms with Crippen molar-refractivity contribution in [3.8, 4) is 6.07 Å². The predicted octanol–water partition coefficient (Wildman–Crippen LogP) is 1.80. The van der Waals surface area contributed by atoms with E-state index in [2.05, 4.69) is 16.7 Å². The number of amides is 1. The lowest BCUT2D eigenvalue weighted by molar-refractivity contribution is 0.0906. The Morgan fingerprint density at radius 3 is 2.84 bits per heavy atom. The second kappa shape index (κ2) is 6.05. The van der Waals surface area contributed by atoms with Crippen LogP contribution in [0, 0.1) is 11.3 Å². The highest BCUT2D eigenvalue weighted by Gasteiger charge is 2.33. The van der Waals surface area contributed by atoms with Gasteiger partial charge in [0.25, 0.3) is 5.91 Å². The van der Waals surface area contributed by atoms with Crippen LogP contribution in [0.5, 0.6) is 0 Å². The maximum Gasteiger partial charge on any atom is 0.252 e. The molecule has 0 radical (unpaired) electrons. The van der Waals surface area contributed by atoms with Crippen LogP contribution in [0.15, 0.2) is 24.3 Å². The van der Waals surface area contributed by atoms with E-state index >= 15 is 0 Å². The Bertz CT molecular complexity index is 504. The number of alkyl halides is 1. The summed E-state index contributed by atoms with van der Waals surface area (Å²) in [5.41, 5.74) is 0.691. The van der Waals surface area contributed by atoms with Crippen LogP contribution in [0.4, 0.5) is 0 Å². The van der Waals surface area contributed by atoms with Gasteiger partial charge in [-0.15, -0.1) is 11.6 Å². The van der Waals surface area contributed by atoms with E-state index in [4.69, 9.17) is 11.6 Å². The highest BCUT2D eigenvalue weighted by atomic mass is 35.5. The van der Waals surface area contributed by atoms with Crippen molar-refractivity contribution in [3.63, 3.8) is 0 Å². The Morgan fingerprint density at radius 1 is 1.47 bits per heavy atom. The quantitative estimate of drug-likeness (QED) is 0.828. The summed E-state index contributed by atoms with van der Waals surface area (Å²) >= 11 is 5.76. The van der Waals surface area contributed by atoms with Gasteiger partial charge in [-0.3, -0.25) is 4.79 Å². The minimum absolute atomic E-state index is 0.213. The largest absolute Gasteiger partial charge is 0.334 e. The molecule has 0 spiro atoms. The number of carbonyl (C=O) groups excluding carboxylic acids is 1. The molecule has 0 aromatic heterocycles. The average Bonchev–Trinajstić information content (AvgIpc) is 2.48. The lowest BCUT2D eigenvalue weighted by Crippen LogP contribution is -2.53. The van der Waals surface area contributed by atoms with E-state index < -0.39 is 5.54 Å². The zero-order valence-electron chi connectivity index (χ0n) is 10.6. The molecule has 1 fully saturated rings. The minimum Gasteiger partial charge on any atom is -0.334 e. The van der Waals surface area contributed by atoms with Gasteiger partial charge in [-0.05, 0) is 43.6 Å². The first-order valence-corrected chi connectivity index (χ1v) is 6.82. The van der Waals surface area contributed by atoms with Crippen LogP contribution in [-0.4, -0.2) is 24.5 Å². The molecule has 1 saturated heterocycles. The third-order valence-corrected chi connectivity index (χ3v) is 3.68. The van der Waals surface area contributed by atoms with Gasteiger partial charge in [0.15, 0.2) is 0 Å². The fourth-order valence-electron chi connectivity index (χ4n) is 2.20. The molecule has 0 aliphatic carbocycles. The van der Waals surface area contributed by atoms with Crippen molar-refractivity contribution in [1.29, 1.82) is 5.26 Å². The van der Waals surface area contributed by atoms with E-state index in [0.29, 0.717) is 24.3 Å². The van der Waals surface area contributed by atoms with E-state index in [1.807, 2.05) is 6.07 Å². The molecule has 19 heavy (non-hydrogen) atoms. The van der Waals surface area contributed by atoms with E-state index in [-0.39, 0.29) is 5.91 Å². The molecule has 2 rings (SSSR count). The zero-order valence-corrected chi connectivity index (χ0v) is 11.3. The van der Waals surface area contributed by atoms with Crippen molar-refractivity contribution in [2.45, 2.75) is 24.3 Å². The molecule has 0 atom stereocenters. The molecule has 2 N–H and O–H groups in total. The number of nitrogens with zero attached hydrogens (tertiary/aromatic N) is 1. The van der Waals surface area contributed by atoms with Crippen LogP contribution in [0.3, 0.4) is 0 Å². The van der Waals surface area contributed by atoms with Crippen LogP contribution in [0.25, 0.3) is 0 Å². The molecule has 1 aliphatic heterocycles. The summed E-state index contributed by atoms with van der Waals surface area (Å²) < 4.78 is 0. The third kappa shape index (κ3) is 3.25. The molecule has 0 unspecified atom stereocenters. The minimum atomic E-state index is -0.751. The van der Waals surface area contributed by atoms with Crippen molar-refractivity contribution in [2.24, 2.45) is 0 Å². The van der Waals surface area contributed by atoms with Gasteiger partial charge >= 0.3 is 0 Å². The summed E-state index contributed by atoms with van der Waals surface area (Å²) in [4.78, 5) is 12.2. The smallest absolute Gasteiger partial charge is 0.252 e. The predicted molar refractivity (Wildman–Crippen MR) is 73.9 cm³/mol. The molecule has 5 heteroatoms. The van der Waals surface area contributed by atoms with Gasteiger partial charge in [0.2, 0.25) is 0 Å². The van der Waals surface area contributed by atoms with Gasteiger partial charge in [0, 0.05) is 11.4 Å². The monoisotopic (exact) mass is 277 g/mol. The number of rotatable bonds is 3. The number of piperidine rings is 1.